The first kappa shape index (κ1) is 22.5. The molecule has 2 aromatic heterocycles. The van der Waals surface area contributed by atoms with Crippen LogP contribution in [-0.4, -0.2) is 63.7 Å². The van der Waals surface area contributed by atoms with Crippen molar-refractivity contribution in [1.82, 2.24) is 30.2 Å². The summed E-state index contributed by atoms with van der Waals surface area (Å²) < 4.78 is 7.14. The number of aromatic nitrogens is 4. The van der Waals surface area contributed by atoms with Crippen LogP contribution < -0.4 is 20.3 Å². The van der Waals surface area contributed by atoms with Crippen LogP contribution in [0.5, 0.6) is 5.75 Å². The molecular formula is C23H29N7O3. The van der Waals surface area contributed by atoms with Gasteiger partial charge in [-0.2, -0.15) is 14.6 Å². The molecule has 0 radical (unpaired) electrons. The van der Waals surface area contributed by atoms with Gasteiger partial charge in [0.05, 0.1) is 7.11 Å². The van der Waals surface area contributed by atoms with Gasteiger partial charge in [0, 0.05) is 44.2 Å². The largest absolute Gasteiger partial charge is 0.496 e. The van der Waals surface area contributed by atoms with Crippen molar-refractivity contribution in [1.29, 1.82) is 0 Å². The molecule has 3 aromatic rings. The Morgan fingerprint density at radius 1 is 1.24 bits per heavy atom. The topological polar surface area (TPSA) is 114 Å². The van der Waals surface area contributed by atoms with E-state index in [1.807, 2.05) is 37.3 Å². The third-order valence-electron chi connectivity index (χ3n) is 5.84. The van der Waals surface area contributed by atoms with E-state index in [4.69, 9.17) is 4.74 Å². The zero-order valence-electron chi connectivity index (χ0n) is 19.1. The zero-order valence-corrected chi connectivity index (χ0v) is 19.1. The van der Waals surface area contributed by atoms with Crippen molar-refractivity contribution < 1.29 is 14.3 Å². The fourth-order valence-corrected chi connectivity index (χ4v) is 4.24. The van der Waals surface area contributed by atoms with E-state index in [9.17, 15) is 9.59 Å². The van der Waals surface area contributed by atoms with Crippen molar-refractivity contribution in [3.8, 4) is 5.75 Å². The summed E-state index contributed by atoms with van der Waals surface area (Å²) in [5, 5.41) is 10.2. The molecule has 0 aliphatic carbocycles. The number of carbonyl (C=O) groups excluding carboxylic acids is 2. The Bertz CT molecular complexity index is 1140. The average molecular weight is 452 g/mol. The fraction of sp³-hybridized carbons (Fsp3) is 0.435. The van der Waals surface area contributed by atoms with Crippen LogP contribution in [0.1, 0.15) is 31.0 Å². The van der Waals surface area contributed by atoms with Gasteiger partial charge in [0.15, 0.2) is 0 Å². The fourth-order valence-electron chi connectivity index (χ4n) is 4.24. The van der Waals surface area contributed by atoms with Crippen LogP contribution in [0.3, 0.4) is 0 Å². The summed E-state index contributed by atoms with van der Waals surface area (Å²) in [5.74, 6) is 1.79. The minimum absolute atomic E-state index is 0.0249. The smallest absolute Gasteiger partial charge is 0.254 e. The van der Waals surface area contributed by atoms with Gasteiger partial charge in [-0.15, -0.1) is 0 Å². The average Bonchev–Trinajstić information content (AvgIpc) is 3.27. The number of para-hydroxylation sites is 1. The first-order valence-electron chi connectivity index (χ1n) is 11.1. The molecule has 2 amide bonds. The number of ether oxygens (including phenoxy) is 1. The van der Waals surface area contributed by atoms with E-state index in [2.05, 4.69) is 30.6 Å². The molecule has 1 aliphatic heterocycles. The highest BCUT2D eigenvalue weighted by Gasteiger charge is 2.27. The predicted molar refractivity (Wildman–Crippen MR) is 123 cm³/mol. The molecule has 3 heterocycles. The Hall–Kier alpha value is -3.69. The van der Waals surface area contributed by atoms with Gasteiger partial charge in [0.25, 0.3) is 5.78 Å². The maximum atomic E-state index is 13.1. The van der Waals surface area contributed by atoms with Crippen LogP contribution in [0.15, 0.2) is 36.7 Å². The molecule has 0 unspecified atom stereocenters. The second-order valence-electron chi connectivity index (χ2n) is 8.27. The van der Waals surface area contributed by atoms with Crippen LogP contribution in [-0.2, 0) is 16.0 Å². The van der Waals surface area contributed by atoms with Gasteiger partial charge in [-0.05, 0) is 31.4 Å². The summed E-state index contributed by atoms with van der Waals surface area (Å²) in [6, 6.07) is 8.87. The molecule has 4 rings (SSSR count). The van der Waals surface area contributed by atoms with Crippen LogP contribution in [0.4, 0.5) is 5.82 Å². The summed E-state index contributed by atoms with van der Waals surface area (Å²) in [7, 11) is 1.59. The second kappa shape index (κ2) is 9.85. The van der Waals surface area contributed by atoms with Gasteiger partial charge in [0.1, 0.15) is 23.9 Å². The summed E-state index contributed by atoms with van der Waals surface area (Å²) in [5.41, 5.74) is 1.75. The van der Waals surface area contributed by atoms with Crippen LogP contribution in [0.2, 0.25) is 0 Å². The number of nitrogens with zero attached hydrogens (tertiary/aromatic N) is 5. The van der Waals surface area contributed by atoms with Gasteiger partial charge >= 0.3 is 0 Å². The minimum atomic E-state index is -0.672. The highest BCUT2D eigenvalue weighted by Crippen LogP contribution is 2.22. The van der Waals surface area contributed by atoms with Gasteiger partial charge < -0.3 is 20.3 Å². The Kier molecular flexibility index (Phi) is 6.71. The summed E-state index contributed by atoms with van der Waals surface area (Å²) in [6.45, 7) is 4.89. The van der Waals surface area contributed by atoms with Crippen LogP contribution >= 0.6 is 0 Å². The second-order valence-corrected chi connectivity index (χ2v) is 8.27. The first-order valence-corrected chi connectivity index (χ1v) is 11.1. The molecule has 1 aliphatic rings. The molecule has 1 fully saturated rings. The Morgan fingerprint density at radius 3 is 2.73 bits per heavy atom. The molecule has 2 N–H and O–H groups in total. The van der Waals surface area contributed by atoms with E-state index >= 15 is 0 Å². The number of fused-ring (bicyclic) bond motifs is 1. The first-order chi connectivity index (χ1) is 15.9. The molecule has 1 saturated heterocycles. The number of hydrogen-bond acceptors (Lipinski definition) is 7. The van der Waals surface area contributed by atoms with Crippen molar-refractivity contribution in [2.24, 2.45) is 0 Å². The minimum Gasteiger partial charge on any atom is -0.496 e. The van der Waals surface area contributed by atoms with Crippen molar-refractivity contribution in [2.75, 3.05) is 25.1 Å². The van der Waals surface area contributed by atoms with E-state index in [1.54, 1.807) is 11.6 Å². The molecule has 1 atom stereocenters. The van der Waals surface area contributed by atoms with Crippen molar-refractivity contribution >= 4 is 23.4 Å². The number of aryl methyl sites for hydroxylation is 1. The number of carbonyl (C=O) groups is 2. The monoisotopic (exact) mass is 451 g/mol. The molecule has 1 aromatic carbocycles. The number of hydrogen-bond donors (Lipinski definition) is 2. The number of rotatable bonds is 7. The van der Waals surface area contributed by atoms with E-state index in [0.29, 0.717) is 17.9 Å². The maximum absolute atomic E-state index is 13.1. The van der Waals surface area contributed by atoms with Crippen molar-refractivity contribution in [3.63, 3.8) is 0 Å². The van der Waals surface area contributed by atoms with E-state index in [-0.39, 0.29) is 17.9 Å². The van der Waals surface area contributed by atoms with E-state index in [1.165, 1.54) is 13.3 Å². The highest BCUT2D eigenvalue weighted by atomic mass is 16.5. The number of nitrogens with one attached hydrogen (secondary N) is 2. The van der Waals surface area contributed by atoms with Gasteiger partial charge in [-0.25, -0.2) is 4.98 Å². The van der Waals surface area contributed by atoms with E-state index in [0.717, 1.165) is 43.0 Å². The normalized spacial score (nSPS) is 15.3. The lowest BCUT2D eigenvalue weighted by Crippen LogP contribution is -2.52. The lowest BCUT2D eigenvalue weighted by molar-refractivity contribution is -0.128. The molecular weight excluding hydrogens is 422 g/mol. The number of piperidine rings is 1. The lowest BCUT2D eigenvalue weighted by atomic mass is 10.0. The molecule has 33 heavy (non-hydrogen) atoms. The van der Waals surface area contributed by atoms with Gasteiger partial charge in [-0.3, -0.25) is 9.59 Å². The number of amides is 2. The molecule has 0 bridgehead atoms. The Morgan fingerprint density at radius 2 is 2.00 bits per heavy atom. The zero-order chi connectivity index (χ0) is 23.4. The number of anilines is 1. The van der Waals surface area contributed by atoms with Crippen LogP contribution in [0.25, 0.3) is 5.78 Å². The standard InChI is InChI=1S/C23H29N7O3/c1-15-12-21(30-23(26-15)24-14-25-30)29-10-8-18(9-11-29)28-22(32)19(27-16(2)31)13-17-6-4-5-7-20(17)33-3/h4-7,12,14,18-19H,8-11,13H2,1-3H3,(H,27,31)(H,28,32)/t19-/m0/s1. The Balaban J connectivity index is 1.40. The molecule has 10 nitrogen and oxygen atoms in total. The summed E-state index contributed by atoms with van der Waals surface area (Å²) in [4.78, 5) is 35.7. The van der Waals surface area contributed by atoms with Crippen molar-refractivity contribution in [2.45, 2.75) is 45.2 Å². The van der Waals surface area contributed by atoms with E-state index < -0.39 is 6.04 Å². The summed E-state index contributed by atoms with van der Waals surface area (Å²) >= 11 is 0. The highest BCUT2D eigenvalue weighted by molar-refractivity contribution is 5.87. The third-order valence-corrected chi connectivity index (χ3v) is 5.84. The Labute approximate surface area is 192 Å². The molecule has 0 saturated carbocycles. The molecule has 10 heteroatoms. The van der Waals surface area contributed by atoms with Crippen LogP contribution in [0, 0.1) is 6.92 Å². The predicted octanol–water partition coefficient (Wildman–Crippen LogP) is 1.27. The van der Waals surface area contributed by atoms with Gasteiger partial charge in [-0.1, -0.05) is 18.2 Å². The SMILES string of the molecule is COc1ccccc1C[C@H](NC(C)=O)C(=O)NC1CCN(c2cc(C)nc3ncnn23)CC1. The quantitative estimate of drug-likeness (QED) is 0.556. The number of methoxy groups -OCH3 is 1. The van der Waals surface area contributed by atoms with Gasteiger partial charge in [0.2, 0.25) is 11.8 Å². The molecule has 174 valence electrons. The molecule has 0 spiro atoms. The summed E-state index contributed by atoms with van der Waals surface area (Å²) in [6.07, 6.45) is 3.42. The maximum Gasteiger partial charge on any atom is 0.254 e. The third kappa shape index (κ3) is 5.21. The van der Waals surface area contributed by atoms with Crippen molar-refractivity contribution in [3.05, 3.63) is 47.9 Å². The lowest BCUT2D eigenvalue weighted by Gasteiger charge is -2.34. The number of benzene rings is 1.